The summed E-state index contributed by atoms with van der Waals surface area (Å²) in [6.07, 6.45) is 4.70. The molecule has 0 spiro atoms. The molecule has 94 valence electrons. The zero-order valence-corrected chi connectivity index (χ0v) is 10.2. The Labute approximate surface area is 101 Å². The van der Waals surface area contributed by atoms with E-state index in [0.29, 0.717) is 12.5 Å². The van der Waals surface area contributed by atoms with Crippen molar-refractivity contribution in [1.29, 1.82) is 0 Å². The highest BCUT2D eigenvalue weighted by Crippen LogP contribution is 2.40. The monoisotopic (exact) mass is 238 g/mol. The SMILES string of the molecule is C[C@@H]1OC[C@H]2OC(=O)[C@H]3C[C@@H](C)C=C[C@@H]3[C@@H]2O1. The van der Waals surface area contributed by atoms with Gasteiger partial charge in [0.05, 0.1) is 12.5 Å². The van der Waals surface area contributed by atoms with Gasteiger partial charge in [-0.05, 0) is 19.3 Å². The number of fused-ring (bicyclic) bond motifs is 3. The van der Waals surface area contributed by atoms with Crippen LogP contribution in [-0.2, 0) is 19.0 Å². The minimum Gasteiger partial charge on any atom is -0.457 e. The van der Waals surface area contributed by atoms with Crippen LogP contribution in [0.25, 0.3) is 0 Å². The Morgan fingerprint density at radius 2 is 2.12 bits per heavy atom. The highest BCUT2D eigenvalue weighted by molar-refractivity contribution is 5.75. The number of carbonyl (C=O) groups is 1. The fourth-order valence-corrected chi connectivity index (χ4v) is 3.03. The molecule has 4 heteroatoms. The lowest BCUT2D eigenvalue weighted by molar-refractivity contribution is -0.276. The third-order valence-corrected chi connectivity index (χ3v) is 3.91. The summed E-state index contributed by atoms with van der Waals surface area (Å²) >= 11 is 0. The van der Waals surface area contributed by atoms with E-state index in [1.165, 1.54) is 0 Å². The van der Waals surface area contributed by atoms with E-state index in [2.05, 4.69) is 19.1 Å². The topological polar surface area (TPSA) is 44.8 Å². The van der Waals surface area contributed by atoms with Crippen molar-refractivity contribution in [3.05, 3.63) is 12.2 Å². The van der Waals surface area contributed by atoms with Crippen LogP contribution >= 0.6 is 0 Å². The third-order valence-electron chi connectivity index (χ3n) is 3.91. The third kappa shape index (κ3) is 1.89. The van der Waals surface area contributed by atoms with Crippen LogP contribution in [0, 0.1) is 17.8 Å². The van der Waals surface area contributed by atoms with E-state index in [4.69, 9.17) is 14.2 Å². The summed E-state index contributed by atoms with van der Waals surface area (Å²) in [7, 11) is 0. The van der Waals surface area contributed by atoms with Crippen LogP contribution in [0.1, 0.15) is 20.3 Å². The fourth-order valence-electron chi connectivity index (χ4n) is 3.03. The van der Waals surface area contributed by atoms with Crippen molar-refractivity contribution in [3.63, 3.8) is 0 Å². The molecule has 3 rings (SSSR count). The average Bonchev–Trinajstić information content (AvgIpc) is 2.30. The van der Waals surface area contributed by atoms with Crippen LogP contribution < -0.4 is 0 Å². The lowest BCUT2D eigenvalue weighted by Crippen LogP contribution is -2.56. The Balaban J connectivity index is 1.86. The molecule has 1 aliphatic carbocycles. The number of esters is 1. The second-order valence-corrected chi connectivity index (χ2v) is 5.26. The first-order chi connectivity index (χ1) is 8.15. The summed E-state index contributed by atoms with van der Waals surface area (Å²) in [5.74, 6) is 0.470. The molecule has 0 N–H and O–H groups in total. The highest BCUT2D eigenvalue weighted by atomic mass is 16.7. The van der Waals surface area contributed by atoms with Gasteiger partial charge >= 0.3 is 5.97 Å². The van der Waals surface area contributed by atoms with Crippen molar-refractivity contribution in [1.82, 2.24) is 0 Å². The first-order valence-electron chi connectivity index (χ1n) is 6.31. The zero-order chi connectivity index (χ0) is 12.0. The van der Waals surface area contributed by atoms with Gasteiger partial charge in [0.2, 0.25) is 0 Å². The summed E-state index contributed by atoms with van der Waals surface area (Å²) in [5, 5.41) is 0. The van der Waals surface area contributed by atoms with Crippen molar-refractivity contribution >= 4 is 5.97 Å². The molecule has 2 fully saturated rings. The fraction of sp³-hybridized carbons (Fsp3) is 0.769. The van der Waals surface area contributed by atoms with Gasteiger partial charge in [0.25, 0.3) is 0 Å². The van der Waals surface area contributed by atoms with Crippen LogP contribution in [0.3, 0.4) is 0 Å². The maximum Gasteiger partial charge on any atom is 0.310 e. The van der Waals surface area contributed by atoms with Crippen LogP contribution in [-0.4, -0.2) is 31.1 Å². The van der Waals surface area contributed by atoms with Gasteiger partial charge < -0.3 is 14.2 Å². The molecule has 0 amide bonds. The van der Waals surface area contributed by atoms with E-state index in [0.717, 1.165) is 6.42 Å². The zero-order valence-electron chi connectivity index (χ0n) is 10.2. The molecular weight excluding hydrogens is 220 g/mol. The Bertz CT molecular complexity index is 351. The molecule has 0 saturated carbocycles. The summed E-state index contributed by atoms with van der Waals surface area (Å²) < 4.78 is 16.6. The molecule has 4 nitrogen and oxygen atoms in total. The molecule has 0 radical (unpaired) electrons. The van der Waals surface area contributed by atoms with E-state index in [-0.39, 0.29) is 36.3 Å². The Morgan fingerprint density at radius 3 is 2.94 bits per heavy atom. The quantitative estimate of drug-likeness (QED) is 0.474. The Hall–Kier alpha value is -0.870. The van der Waals surface area contributed by atoms with Crippen molar-refractivity contribution in [2.24, 2.45) is 17.8 Å². The molecule has 6 atom stereocenters. The molecule has 2 saturated heterocycles. The molecule has 0 unspecified atom stereocenters. The number of hydrogen-bond acceptors (Lipinski definition) is 4. The van der Waals surface area contributed by atoms with Crippen molar-refractivity contribution in [3.8, 4) is 0 Å². The first-order valence-corrected chi connectivity index (χ1v) is 6.31. The molecule has 0 aromatic carbocycles. The second kappa shape index (κ2) is 4.10. The molecule has 0 aromatic rings. The van der Waals surface area contributed by atoms with Gasteiger partial charge in [-0.15, -0.1) is 0 Å². The summed E-state index contributed by atoms with van der Waals surface area (Å²) in [6, 6.07) is 0. The number of allylic oxidation sites excluding steroid dienone is 1. The van der Waals surface area contributed by atoms with E-state index >= 15 is 0 Å². The minimum absolute atomic E-state index is 0.0369. The number of rotatable bonds is 0. The van der Waals surface area contributed by atoms with Gasteiger partial charge in [0, 0.05) is 5.92 Å². The number of carbonyl (C=O) groups excluding carboxylic acids is 1. The van der Waals surface area contributed by atoms with E-state index in [9.17, 15) is 4.79 Å². The van der Waals surface area contributed by atoms with Crippen LogP contribution in [0.2, 0.25) is 0 Å². The van der Waals surface area contributed by atoms with Gasteiger partial charge in [-0.3, -0.25) is 4.79 Å². The lowest BCUT2D eigenvalue weighted by atomic mass is 9.74. The van der Waals surface area contributed by atoms with Crippen molar-refractivity contribution < 1.29 is 19.0 Å². The average molecular weight is 238 g/mol. The molecular formula is C13H18O4. The Kier molecular flexibility index (Phi) is 2.71. The standard InChI is InChI=1S/C13H18O4/c1-7-3-4-9-10(5-7)13(14)17-11-6-15-8(2)16-12(9)11/h3-4,7-12H,5-6H2,1-2H3/t7-,8+,9-,10-,11+,12-/m0/s1. The first kappa shape index (κ1) is 11.2. The molecule has 2 heterocycles. The molecule has 3 aliphatic rings. The molecule has 17 heavy (non-hydrogen) atoms. The minimum atomic E-state index is -0.238. The van der Waals surface area contributed by atoms with E-state index in [1.54, 1.807) is 0 Å². The summed E-state index contributed by atoms with van der Waals surface area (Å²) in [5.41, 5.74) is 0. The van der Waals surface area contributed by atoms with Crippen molar-refractivity contribution in [2.45, 2.75) is 38.8 Å². The Morgan fingerprint density at radius 1 is 1.29 bits per heavy atom. The van der Waals surface area contributed by atoms with Crippen molar-refractivity contribution in [2.75, 3.05) is 6.61 Å². The lowest BCUT2D eigenvalue weighted by Gasteiger charge is -2.46. The smallest absolute Gasteiger partial charge is 0.310 e. The molecule has 2 aliphatic heterocycles. The van der Waals surface area contributed by atoms with Gasteiger partial charge in [-0.25, -0.2) is 0 Å². The van der Waals surface area contributed by atoms with Crippen LogP contribution in [0.4, 0.5) is 0 Å². The molecule has 0 bridgehead atoms. The van der Waals surface area contributed by atoms with Gasteiger partial charge in [0.1, 0.15) is 6.10 Å². The number of hydrogen-bond donors (Lipinski definition) is 0. The van der Waals surface area contributed by atoms with Crippen LogP contribution in [0.15, 0.2) is 12.2 Å². The maximum atomic E-state index is 11.9. The van der Waals surface area contributed by atoms with E-state index < -0.39 is 0 Å². The second-order valence-electron chi connectivity index (χ2n) is 5.26. The van der Waals surface area contributed by atoms with Gasteiger partial charge in [-0.2, -0.15) is 0 Å². The largest absolute Gasteiger partial charge is 0.457 e. The summed E-state index contributed by atoms with van der Waals surface area (Å²) in [6.45, 7) is 4.46. The predicted octanol–water partition coefficient (Wildman–Crippen LogP) is 1.50. The van der Waals surface area contributed by atoms with Gasteiger partial charge in [-0.1, -0.05) is 19.1 Å². The predicted molar refractivity (Wildman–Crippen MR) is 60.1 cm³/mol. The van der Waals surface area contributed by atoms with Crippen LogP contribution in [0.5, 0.6) is 0 Å². The number of ether oxygens (including phenoxy) is 3. The molecule has 0 aromatic heterocycles. The maximum absolute atomic E-state index is 11.9. The normalized spacial score (nSPS) is 49.2. The highest BCUT2D eigenvalue weighted by Gasteiger charge is 2.49. The summed E-state index contributed by atoms with van der Waals surface area (Å²) in [4.78, 5) is 11.9. The van der Waals surface area contributed by atoms with Gasteiger partial charge in [0.15, 0.2) is 12.4 Å². The van der Waals surface area contributed by atoms with E-state index in [1.807, 2.05) is 6.92 Å².